The number of nitrogens with zero attached hydrogens (tertiary/aromatic N) is 2. The fourth-order valence-corrected chi connectivity index (χ4v) is 2.46. The van der Waals surface area contributed by atoms with Crippen molar-refractivity contribution in [1.29, 1.82) is 0 Å². The van der Waals surface area contributed by atoms with Crippen molar-refractivity contribution in [3.8, 4) is 0 Å². The summed E-state index contributed by atoms with van der Waals surface area (Å²) in [4.78, 5) is 2.35. The van der Waals surface area contributed by atoms with Crippen molar-refractivity contribution in [1.82, 2.24) is 4.90 Å². The number of rotatable bonds is 4. The minimum Gasteiger partial charge on any atom is -0.409 e. The molecule has 0 bridgehead atoms. The van der Waals surface area contributed by atoms with E-state index in [0.717, 1.165) is 12.5 Å². The number of hydrogen-bond acceptors (Lipinski definition) is 3. The second kappa shape index (κ2) is 5.95. The van der Waals surface area contributed by atoms with Gasteiger partial charge in [-0.2, -0.15) is 0 Å². The SMILES string of the molecule is CC1CCCCC1N(C)CCC(N)=NO. The molecule has 0 heterocycles. The van der Waals surface area contributed by atoms with Gasteiger partial charge in [-0.15, -0.1) is 0 Å². The Balaban J connectivity index is 2.34. The van der Waals surface area contributed by atoms with Crippen LogP contribution in [0.3, 0.4) is 0 Å². The molecule has 1 rings (SSSR count). The van der Waals surface area contributed by atoms with E-state index in [1.165, 1.54) is 25.7 Å². The highest BCUT2D eigenvalue weighted by molar-refractivity contribution is 5.79. The lowest BCUT2D eigenvalue weighted by Gasteiger charge is -2.36. The van der Waals surface area contributed by atoms with Crippen molar-refractivity contribution >= 4 is 5.84 Å². The van der Waals surface area contributed by atoms with E-state index in [4.69, 9.17) is 10.9 Å². The van der Waals surface area contributed by atoms with Gasteiger partial charge in [0.2, 0.25) is 0 Å². The van der Waals surface area contributed by atoms with Crippen LogP contribution in [0.15, 0.2) is 5.16 Å². The van der Waals surface area contributed by atoms with Crippen molar-refractivity contribution in [2.24, 2.45) is 16.8 Å². The summed E-state index contributed by atoms with van der Waals surface area (Å²) >= 11 is 0. The lowest BCUT2D eigenvalue weighted by molar-refractivity contribution is 0.142. The van der Waals surface area contributed by atoms with Crippen LogP contribution in [-0.4, -0.2) is 35.6 Å². The Morgan fingerprint density at radius 3 is 2.73 bits per heavy atom. The fraction of sp³-hybridized carbons (Fsp3) is 0.909. The van der Waals surface area contributed by atoms with Crippen LogP contribution in [0, 0.1) is 5.92 Å². The van der Waals surface area contributed by atoms with Crippen molar-refractivity contribution in [3.63, 3.8) is 0 Å². The minimum absolute atomic E-state index is 0.324. The van der Waals surface area contributed by atoms with E-state index in [-0.39, 0.29) is 0 Å². The summed E-state index contributed by atoms with van der Waals surface area (Å²) in [5.41, 5.74) is 5.46. The van der Waals surface area contributed by atoms with E-state index in [1.807, 2.05) is 0 Å². The zero-order chi connectivity index (χ0) is 11.3. The molecule has 0 aromatic carbocycles. The van der Waals surface area contributed by atoms with Crippen molar-refractivity contribution in [2.75, 3.05) is 13.6 Å². The molecule has 2 unspecified atom stereocenters. The second-order valence-corrected chi connectivity index (χ2v) is 4.65. The topological polar surface area (TPSA) is 61.8 Å². The highest BCUT2D eigenvalue weighted by Crippen LogP contribution is 2.27. The molecule has 0 aromatic rings. The number of oxime groups is 1. The molecule has 0 saturated heterocycles. The third-order valence-corrected chi connectivity index (χ3v) is 3.48. The molecular weight excluding hydrogens is 190 g/mol. The van der Waals surface area contributed by atoms with E-state index in [2.05, 4.69) is 24.0 Å². The number of nitrogens with two attached hydrogens (primary N) is 1. The Hall–Kier alpha value is -0.770. The Bertz CT molecular complexity index is 218. The first-order valence-corrected chi connectivity index (χ1v) is 5.81. The molecule has 0 aliphatic heterocycles. The van der Waals surface area contributed by atoms with Crippen LogP contribution in [0.2, 0.25) is 0 Å². The number of amidine groups is 1. The predicted octanol–water partition coefficient (Wildman–Crippen LogP) is 1.63. The van der Waals surface area contributed by atoms with E-state index in [9.17, 15) is 0 Å². The van der Waals surface area contributed by atoms with Crippen LogP contribution in [0.4, 0.5) is 0 Å². The Morgan fingerprint density at radius 1 is 1.47 bits per heavy atom. The van der Waals surface area contributed by atoms with Gasteiger partial charge in [-0.05, 0) is 25.8 Å². The Morgan fingerprint density at radius 2 is 2.13 bits per heavy atom. The van der Waals surface area contributed by atoms with Gasteiger partial charge < -0.3 is 15.8 Å². The summed E-state index contributed by atoms with van der Waals surface area (Å²) in [6.07, 6.45) is 5.97. The summed E-state index contributed by atoms with van der Waals surface area (Å²) in [6.45, 7) is 3.20. The molecule has 0 spiro atoms. The molecule has 0 aromatic heterocycles. The molecule has 1 aliphatic rings. The summed E-state index contributed by atoms with van der Waals surface area (Å²) in [5, 5.41) is 11.4. The first-order valence-electron chi connectivity index (χ1n) is 5.81. The maximum atomic E-state index is 8.45. The first-order chi connectivity index (χ1) is 7.15. The lowest BCUT2D eigenvalue weighted by Crippen LogP contribution is -2.40. The molecule has 3 N–H and O–H groups in total. The third kappa shape index (κ3) is 3.70. The van der Waals surface area contributed by atoms with Gasteiger partial charge in [-0.1, -0.05) is 24.9 Å². The smallest absolute Gasteiger partial charge is 0.140 e. The van der Waals surface area contributed by atoms with Crippen LogP contribution in [0.5, 0.6) is 0 Å². The van der Waals surface area contributed by atoms with Gasteiger partial charge in [0.25, 0.3) is 0 Å². The van der Waals surface area contributed by atoms with Crippen LogP contribution < -0.4 is 5.73 Å². The van der Waals surface area contributed by atoms with Gasteiger partial charge in [0.05, 0.1) is 0 Å². The Labute approximate surface area is 92.1 Å². The van der Waals surface area contributed by atoms with Gasteiger partial charge >= 0.3 is 0 Å². The van der Waals surface area contributed by atoms with Gasteiger partial charge in [0, 0.05) is 19.0 Å². The molecule has 88 valence electrons. The van der Waals surface area contributed by atoms with Crippen LogP contribution in [0.25, 0.3) is 0 Å². The van der Waals surface area contributed by atoms with E-state index in [1.54, 1.807) is 0 Å². The highest BCUT2D eigenvalue weighted by atomic mass is 16.4. The molecule has 0 radical (unpaired) electrons. The lowest BCUT2D eigenvalue weighted by atomic mass is 9.85. The zero-order valence-electron chi connectivity index (χ0n) is 9.82. The quantitative estimate of drug-likeness (QED) is 0.323. The zero-order valence-corrected chi connectivity index (χ0v) is 9.82. The molecule has 15 heavy (non-hydrogen) atoms. The predicted molar refractivity (Wildman–Crippen MR) is 62.1 cm³/mol. The second-order valence-electron chi connectivity index (χ2n) is 4.65. The van der Waals surface area contributed by atoms with E-state index < -0.39 is 0 Å². The van der Waals surface area contributed by atoms with Gasteiger partial charge in [0.1, 0.15) is 5.84 Å². The average molecular weight is 213 g/mol. The molecule has 4 heteroatoms. The summed E-state index contributed by atoms with van der Waals surface area (Å²) in [5.74, 6) is 1.10. The summed E-state index contributed by atoms with van der Waals surface area (Å²) < 4.78 is 0. The number of hydrogen-bond donors (Lipinski definition) is 2. The van der Waals surface area contributed by atoms with E-state index in [0.29, 0.717) is 18.3 Å². The molecule has 4 nitrogen and oxygen atoms in total. The van der Waals surface area contributed by atoms with Crippen LogP contribution in [-0.2, 0) is 0 Å². The largest absolute Gasteiger partial charge is 0.409 e. The third-order valence-electron chi connectivity index (χ3n) is 3.48. The Kier molecular flexibility index (Phi) is 4.88. The molecule has 0 amide bonds. The fourth-order valence-electron chi connectivity index (χ4n) is 2.46. The molecule has 2 atom stereocenters. The van der Waals surface area contributed by atoms with Crippen LogP contribution in [0.1, 0.15) is 39.0 Å². The average Bonchev–Trinajstić information content (AvgIpc) is 2.26. The monoisotopic (exact) mass is 213 g/mol. The van der Waals surface area contributed by atoms with Crippen LogP contribution >= 0.6 is 0 Å². The highest BCUT2D eigenvalue weighted by Gasteiger charge is 2.24. The molecule has 1 aliphatic carbocycles. The normalized spacial score (nSPS) is 28.3. The summed E-state index contributed by atoms with van der Waals surface area (Å²) in [7, 11) is 2.14. The minimum atomic E-state index is 0.324. The van der Waals surface area contributed by atoms with E-state index >= 15 is 0 Å². The molecule has 1 saturated carbocycles. The first kappa shape index (κ1) is 12.3. The maximum Gasteiger partial charge on any atom is 0.140 e. The van der Waals surface area contributed by atoms with Gasteiger partial charge in [-0.3, -0.25) is 0 Å². The van der Waals surface area contributed by atoms with Gasteiger partial charge in [-0.25, -0.2) is 0 Å². The molecule has 1 fully saturated rings. The molecular formula is C11H23N3O. The van der Waals surface area contributed by atoms with Gasteiger partial charge in [0.15, 0.2) is 0 Å². The van der Waals surface area contributed by atoms with Crippen molar-refractivity contribution in [2.45, 2.75) is 45.1 Å². The summed E-state index contributed by atoms with van der Waals surface area (Å²) in [6, 6.07) is 0.672. The standard InChI is InChI=1S/C11H23N3O/c1-9-5-3-4-6-10(9)14(2)8-7-11(12)13-15/h9-10,15H,3-8H2,1-2H3,(H2,12,13). The maximum absolute atomic E-state index is 8.45. The van der Waals surface area contributed by atoms with Crippen molar-refractivity contribution in [3.05, 3.63) is 0 Å². The van der Waals surface area contributed by atoms with Crippen molar-refractivity contribution < 1.29 is 5.21 Å².